The van der Waals surface area contributed by atoms with Gasteiger partial charge in [-0.05, 0) is 18.9 Å². The fraction of sp³-hybridized carbons (Fsp3) is 0.533. The first-order valence-corrected chi connectivity index (χ1v) is 7.25. The highest BCUT2D eigenvalue weighted by atomic mass is 16.4. The van der Waals surface area contributed by atoms with Gasteiger partial charge in [-0.2, -0.15) is 0 Å². The smallest absolute Gasteiger partial charge is 0.308 e. The van der Waals surface area contributed by atoms with Gasteiger partial charge in [0.2, 0.25) is 5.91 Å². The molecule has 0 saturated heterocycles. The maximum Gasteiger partial charge on any atom is 0.308 e. The molecule has 1 fully saturated rings. The average Bonchev–Trinajstić information content (AvgIpc) is 2.47. The normalized spacial score (nSPS) is 21.7. The zero-order chi connectivity index (χ0) is 15.2. The van der Waals surface area contributed by atoms with Crippen LogP contribution in [0.3, 0.4) is 0 Å². The van der Waals surface area contributed by atoms with Gasteiger partial charge >= 0.3 is 5.97 Å². The number of hydrogen-bond donors (Lipinski definition) is 2. The molecular formula is C15H20N2O4. The quantitative estimate of drug-likeness (QED) is 0.847. The number of aromatic nitrogens is 1. The first-order chi connectivity index (χ1) is 10.1. The fourth-order valence-electron chi connectivity index (χ4n) is 2.75. The van der Waals surface area contributed by atoms with Crippen molar-refractivity contribution in [1.82, 2.24) is 9.88 Å². The van der Waals surface area contributed by atoms with Crippen LogP contribution in [-0.2, 0) is 16.1 Å². The number of carbonyl (C=O) groups is 2. The van der Waals surface area contributed by atoms with Gasteiger partial charge in [0.1, 0.15) is 0 Å². The topological polar surface area (TPSA) is 88.4 Å². The lowest BCUT2D eigenvalue weighted by atomic mass is 9.84. The number of nitrogens with one attached hydrogen (secondary N) is 1. The maximum absolute atomic E-state index is 11.9. The molecule has 1 aromatic rings. The summed E-state index contributed by atoms with van der Waals surface area (Å²) in [5.41, 5.74) is -0.147. The van der Waals surface area contributed by atoms with E-state index >= 15 is 0 Å². The number of pyridine rings is 1. The van der Waals surface area contributed by atoms with Crippen molar-refractivity contribution in [2.75, 3.05) is 0 Å². The second kappa shape index (κ2) is 7.06. The summed E-state index contributed by atoms with van der Waals surface area (Å²) < 4.78 is 1.47. The van der Waals surface area contributed by atoms with E-state index in [0.717, 1.165) is 12.8 Å². The Morgan fingerprint density at radius 2 is 2.05 bits per heavy atom. The number of nitrogens with zero attached hydrogens (tertiary/aromatic N) is 1. The van der Waals surface area contributed by atoms with Crippen molar-refractivity contribution in [3.63, 3.8) is 0 Å². The number of carboxylic acid groups (broad SMARTS) is 1. The zero-order valence-corrected chi connectivity index (χ0v) is 11.8. The van der Waals surface area contributed by atoms with Crippen molar-refractivity contribution in [3.05, 3.63) is 34.7 Å². The van der Waals surface area contributed by atoms with Gasteiger partial charge in [-0.15, -0.1) is 0 Å². The Bertz CT molecular complexity index is 567. The van der Waals surface area contributed by atoms with Crippen LogP contribution in [0.2, 0.25) is 0 Å². The lowest BCUT2D eigenvalue weighted by molar-refractivity contribution is -0.144. The van der Waals surface area contributed by atoms with E-state index < -0.39 is 11.9 Å². The lowest BCUT2D eigenvalue weighted by Gasteiger charge is -2.29. The Labute approximate surface area is 122 Å². The molecule has 0 bridgehead atoms. The van der Waals surface area contributed by atoms with Gasteiger partial charge in [-0.1, -0.05) is 18.9 Å². The van der Waals surface area contributed by atoms with Crippen LogP contribution in [0, 0.1) is 5.92 Å². The van der Waals surface area contributed by atoms with E-state index in [1.54, 1.807) is 18.3 Å². The van der Waals surface area contributed by atoms with Gasteiger partial charge in [0, 0.05) is 31.3 Å². The minimum atomic E-state index is -0.848. The molecule has 2 atom stereocenters. The van der Waals surface area contributed by atoms with Crippen molar-refractivity contribution in [2.45, 2.75) is 44.7 Å². The van der Waals surface area contributed by atoms with E-state index in [0.29, 0.717) is 19.4 Å². The van der Waals surface area contributed by atoms with Crippen LogP contribution in [0.5, 0.6) is 0 Å². The first kappa shape index (κ1) is 15.3. The molecule has 6 heteroatoms. The van der Waals surface area contributed by atoms with E-state index in [9.17, 15) is 14.4 Å². The molecule has 1 aromatic heterocycles. The summed E-state index contributed by atoms with van der Waals surface area (Å²) in [5, 5.41) is 12.0. The lowest BCUT2D eigenvalue weighted by Crippen LogP contribution is -2.45. The summed E-state index contributed by atoms with van der Waals surface area (Å²) in [6.45, 7) is 0.302. The molecule has 21 heavy (non-hydrogen) atoms. The molecule has 1 saturated carbocycles. The third-order valence-electron chi connectivity index (χ3n) is 3.91. The molecule has 2 unspecified atom stereocenters. The third-order valence-corrected chi connectivity index (χ3v) is 3.91. The number of hydrogen-bond acceptors (Lipinski definition) is 3. The van der Waals surface area contributed by atoms with Crippen LogP contribution >= 0.6 is 0 Å². The molecule has 0 spiro atoms. The highest BCUT2D eigenvalue weighted by Gasteiger charge is 2.31. The van der Waals surface area contributed by atoms with Gasteiger partial charge in [-0.3, -0.25) is 14.4 Å². The van der Waals surface area contributed by atoms with Gasteiger partial charge < -0.3 is 15.0 Å². The van der Waals surface area contributed by atoms with Gasteiger partial charge in [0.15, 0.2) is 0 Å². The standard InChI is InChI=1S/C15H20N2O4/c18-13(8-10-17-9-4-3-7-14(17)19)16-12-6-2-1-5-11(12)15(20)21/h3-4,7,9,11-12H,1-2,5-6,8,10H2,(H,16,18)(H,20,21). The van der Waals surface area contributed by atoms with Gasteiger partial charge in [0.25, 0.3) is 5.56 Å². The van der Waals surface area contributed by atoms with Crippen molar-refractivity contribution >= 4 is 11.9 Å². The number of amides is 1. The Morgan fingerprint density at radius 1 is 1.29 bits per heavy atom. The summed E-state index contributed by atoms with van der Waals surface area (Å²) in [4.78, 5) is 34.6. The average molecular weight is 292 g/mol. The fourth-order valence-corrected chi connectivity index (χ4v) is 2.75. The van der Waals surface area contributed by atoms with Crippen LogP contribution in [-0.4, -0.2) is 27.6 Å². The summed E-state index contributed by atoms with van der Waals surface area (Å²) in [5.74, 6) is -1.55. The van der Waals surface area contributed by atoms with Crippen molar-refractivity contribution < 1.29 is 14.7 Å². The number of carboxylic acids is 1. The zero-order valence-electron chi connectivity index (χ0n) is 11.8. The number of aryl methyl sites for hydroxylation is 1. The Kier molecular flexibility index (Phi) is 5.14. The predicted molar refractivity (Wildman–Crippen MR) is 76.8 cm³/mol. The number of carbonyl (C=O) groups excluding carboxylic acids is 1. The molecule has 0 aromatic carbocycles. The first-order valence-electron chi connectivity index (χ1n) is 7.25. The van der Waals surface area contributed by atoms with Gasteiger partial charge in [-0.25, -0.2) is 0 Å². The second-order valence-corrected chi connectivity index (χ2v) is 5.39. The largest absolute Gasteiger partial charge is 0.481 e. The summed E-state index contributed by atoms with van der Waals surface area (Å²) in [7, 11) is 0. The summed E-state index contributed by atoms with van der Waals surface area (Å²) >= 11 is 0. The molecule has 0 aliphatic heterocycles. The molecule has 2 rings (SSSR count). The molecule has 1 amide bonds. The van der Waals surface area contributed by atoms with E-state index in [1.807, 2.05) is 0 Å². The van der Waals surface area contributed by atoms with E-state index in [-0.39, 0.29) is 23.9 Å². The molecule has 1 aliphatic rings. The van der Waals surface area contributed by atoms with Crippen molar-refractivity contribution in [3.8, 4) is 0 Å². The molecule has 114 valence electrons. The highest BCUT2D eigenvalue weighted by molar-refractivity contribution is 5.78. The van der Waals surface area contributed by atoms with Crippen LogP contribution in [0.25, 0.3) is 0 Å². The Balaban J connectivity index is 1.88. The monoisotopic (exact) mass is 292 g/mol. The van der Waals surface area contributed by atoms with Crippen LogP contribution < -0.4 is 10.9 Å². The van der Waals surface area contributed by atoms with E-state index in [4.69, 9.17) is 5.11 Å². The number of rotatable bonds is 5. The molecule has 6 nitrogen and oxygen atoms in total. The van der Waals surface area contributed by atoms with Crippen LogP contribution in [0.1, 0.15) is 32.1 Å². The molecular weight excluding hydrogens is 272 g/mol. The summed E-state index contributed by atoms with van der Waals surface area (Å²) in [6, 6.07) is 4.54. The van der Waals surface area contributed by atoms with E-state index in [1.165, 1.54) is 10.6 Å². The molecule has 1 heterocycles. The third kappa shape index (κ3) is 4.18. The predicted octanol–water partition coefficient (Wildman–Crippen LogP) is 0.998. The van der Waals surface area contributed by atoms with Crippen molar-refractivity contribution in [1.29, 1.82) is 0 Å². The Morgan fingerprint density at radius 3 is 2.76 bits per heavy atom. The Hall–Kier alpha value is -2.11. The second-order valence-electron chi connectivity index (χ2n) is 5.39. The van der Waals surface area contributed by atoms with Gasteiger partial charge in [0.05, 0.1) is 5.92 Å². The maximum atomic E-state index is 11.9. The summed E-state index contributed by atoms with van der Waals surface area (Å²) in [6.07, 6.45) is 4.95. The number of aliphatic carboxylic acids is 1. The highest BCUT2D eigenvalue weighted by Crippen LogP contribution is 2.24. The SMILES string of the molecule is O=C(CCn1ccccc1=O)NC1CCCCC1C(=O)O. The minimum absolute atomic E-state index is 0.147. The molecule has 2 N–H and O–H groups in total. The van der Waals surface area contributed by atoms with Crippen LogP contribution in [0.15, 0.2) is 29.2 Å². The van der Waals surface area contributed by atoms with Crippen LogP contribution in [0.4, 0.5) is 0 Å². The molecule has 1 aliphatic carbocycles. The minimum Gasteiger partial charge on any atom is -0.481 e. The van der Waals surface area contributed by atoms with E-state index in [2.05, 4.69) is 5.32 Å². The van der Waals surface area contributed by atoms with Crippen molar-refractivity contribution in [2.24, 2.45) is 5.92 Å². The molecule has 0 radical (unpaired) electrons.